The van der Waals surface area contributed by atoms with Crippen LogP contribution in [0.5, 0.6) is 5.75 Å². The van der Waals surface area contributed by atoms with Crippen molar-refractivity contribution in [3.05, 3.63) is 70.9 Å². The lowest BCUT2D eigenvalue weighted by molar-refractivity contribution is 0.0697. The van der Waals surface area contributed by atoms with Gasteiger partial charge in [0.25, 0.3) is 0 Å². The summed E-state index contributed by atoms with van der Waals surface area (Å²) in [6.45, 7) is 0.327. The normalized spacial score (nSPS) is 10.5. The second kappa shape index (κ2) is 6.54. The molecule has 0 aliphatic rings. The molecule has 5 nitrogen and oxygen atoms in total. The highest BCUT2D eigenvalue weighted by molar-refractivity contribution is 6.30. The Hall–Kier alpha value is -2.79. The Morgan fingerprint density at radius 1 is 1.17 bits per heavy atom. The van der Waals surface area contributed by atoms with Gasteiger partial charge in [0.1, 0.15) is 12.4 Å². The Morgan fingerprint density at radius 3 is 2.70 bits per heavy atom. The van der Waals surface area contributed by atoms with Crippen molar-refractivity contribution < 1.29 is 14.6 Å². The molecular weight excluding hydrogens is 316 g/mol. The fourth-order valence-electron chi connectivity index (χ4n) is 2.09. The number of carboxylic acid groups (broad SMARTS) is 1. The van der Waals surface area contributed by atoms with Crippen LogP contribution in [0.4, 0.5) is 0 Å². The summed E-state index contributed by atoms with van der Waals surface area (Å²) in [5.41, 5.74) is 2.42. The predicted molar refractivity (Wildman–Crippen MR) is 86.8 cm³/mol. The molecule has 3 rings (SSSR count). The van der Waals surface area contributed by atoms with Crippen LogP contribution in [0, 0.1) is 0 Å². The Kier molecular flexibility index (Phi) is 4.30. The zero-order valence-electron chi connectivity index (χ0n) is 12.0. The van der Waals surface area contributed by atoms with Crippen molar-refractivity contribution in [3.63, 3.8) is 0 Å². The maximum Gasteiger partial charge on any atom is 0.335 e. The van der Waals surface area contributed by atoms with E-state index in [1.807, 2.05) is 12.1 Å². The van der Waals surface area contributed by atoms with Crippen molar-refractivity contribution in [1.82, 2.24) is 10.2 Å². The SMILES string of the molecule is O=C(O)c1cccc(-c2cc(COc3ccc(Cl)cc3)[nH]n2)c1. The lowest BCUT2D eigenvalue weighted by Crippen LogP contribution is -1.95. The van der Waals surface area contributed by atoms with Crippen molar-refractivity contribution in [2.45, 2.75) is 6.61 Å². The number of hydrogen-bond donors (Lipinski definition) is 2. The first-order valence-electron chi connectivity index (χ1n) is 6.88. The zero-order valence-corrected chi connectivity index (χ0v) is 12.7. The molecule has 6 heteroatoms. The van der Waals surface area contributed by atoms with E-state index in [9.17, 15) is 4.79 Å². The minimum atomic E-state index is -0.964. The van der Waals surface area contributed by atoms with Gasteiger partial charge in [-0.2, -0.15) is 5.10 Å². The molecule has 1 aromatic heterocycles. The van der Waals surface area contributed by atoms with Crippen LogP contribution < -0.4 is 4.74 Å². The molecule has 2 aromatic carbocycles. The average molecular weight is 329 g/mol. The van der Waals surface area contributed by atoms with Crippen LogP contribution in [-0.2, 0) is 6.61 Å². The van der Waals surface area contributed by atoms with Crippen molar-refractivity contribution in [3.8, 4) is 17.0 Å². The number of carboxylic acids is 1. The molecule has 0 aliphatic carbocycles. The number of benzene rings is 2. The molecule has 0 radical (unpaired) electrons. The van der Waals surface area contributed by atoms with E-state index in [4.69, 9.17) is 21.4 Å². The molecule has 3 aromatic rings. The first-order chi connectivity index (χ1) is 11.1. The Labute approximate surface area is 137 Å². The summed E-state index contributed by atoms with van der Waals surface area (Å²) in [6.07, 6.45) is 0. The molecule has 0 amide bonds. The number of nitrogens with one attached hydrogen (secondary N) is 1. The highest BCUT2D eigenvalue weighted by atomic mass is 35.5. The molecule has 0 atom stereocenters. The van der Waals surface area contributed by atoms with Gasteiger partial charge in [0, 0.05) is 10.6 Å². The summed E-state index contributed by atoms with van der Waals surface area (Å²) in [7, 11) is 0. The van der Waals surface area contributed by atoms with Gasteiger partial charge in [-0.1, -0.05) is 23.7 Å². The second-order valence-corrected chi connectivity index (χ2v) is 5.34. The molecular formula is C17H13ClN2O3. The van der Waals surface area contributed by atoms with E-state index < -0.39 is 5.97 Å². The number of aromatic nitrogens is 2. The van der Waals surface area contributed by atoms with Crippen LogP contribution >= 0.6 is 11.6 Å². The first kappa shape index (κ1) is 15.1. The zero-order chi connectivity index (χ0) is 16.2. The molecule has 1 heterocycles. The van der Waals surface area contributed by atoms with Crippen LogP contribution in [-0.4, -0.2) is 21.3 Å². The van der Waals surface area contributed by atoms with E-state index in [0.29, 0.717) is 23.1 Å². The standard InChI is InChI=1S/C17H13ClN2O3/c18-13-4-6-15(7-5-13)23-10-14-9-16(20-19-14)11-2-1-3-12(8-11)17(21)22/h1-9H,10H2,(H,19,20)(H,21,22). The van der Waals surface area contributed by atoms with Gasteiger partial charge in [-0.25, -0.2) is 4.79 Å². The minimum absolute atomic E-state index is 0.226. The highest BCUT2D eigenvalue weighted by Gasteiger charge is 2.08. The van der Waals surface area contributed by atoms with E-state index in [0.717, 1.165) is 11.3 Å². The minimum Gasteiger partial charge on any atom is -0.487 e. The molecule has 2 N–H and O–H groups in total. The van der Waals surface area contributed by atoms with Crippen LogP contribution in [0.25, 0.3) is 11.3 Å². The molecule has 116 valence electrons. The van der Waals surface area contributed by atoms with E-state index in [1.54, 1.807) is 42.5 Å². The van der Waals surface area contributed by atoms with Crippen LogP contribution in [0.2, 0.25) is 5.02 Å². The van der Waals surface area contributed by atoms with Gasteiger partial charge >= 0.3 is 5.97 Å². The molecule has 0 aliphatic heterocycles. The second-order valence-electron chi connectivity index (χ2n) is 4.91. The predicted octanol–water partition coefficient (Wildman–Crippen LogP) is 4.01. The number of H-pyrrole nitrogens is 1. The molecule has 0 fully saturated rings. The van der Waals surface area contributed by atoms with Gasteiger partial charge in [-0.3, -0.25) is 5.10 Å². The summed E-state index contributed by atoms with van der Waals surface area (Å²) in [5, 5.41) is 16.8. The number of rotatable bonds is 5. The summed E-state index contributed by atoms with van der Waals surface area (Å²) in [6, 6.07) is 15.6. The van der Waals surface area contributed by atoms with Crippen LogP contribution in [0.1, 0.15) is 16.1 Å². The van der Waals surface area contributed by atoms with Crippen molar-refractivity contribution >= 4 is 17.6 Å². The molecule has 23 heavy (non-hydrogen) atoms. The molecule has 0 spiro atoms. The van der Waals surface area contributed by atoms with Gasteiger partial charge in [0.15, 0.2) is 0 Å². The van der Waals surface area contributed by atoms with E-state index in [2.05, 4.69) is 10.2 Å². The molecule has 0 saturated heterocycles. The van der Waals surface area contributed by atoms with Crippen molar-refractivity contribution in [2.24, 2.45) is 0 Å². The maximum absolute atomic E-state index is 11.0. The average Bonchev–Trinajstić information content (AvgIpc) is 3.03. The largest absolute Gasteiger partial charge is 0.487 e. The van der Waals surface area contributed by atoms with Crippen molar-refractivity contribution in [2.75, 3.05) is 0 Å². The Morgan fingerprint density at radius 2 is 1.96 bits per heavy atom. The lowest BCUT2D eigenvalue weighted by Gasteiger charge is -2.03. The number of ether oxygens (including phenoxy) is 1. The monoisotopic (exact) mass is 328 g/mol. The summed E-state index contributed by atoms with van der Waals surface area (Å²) >= 11 is 5.82. The number of aromatic amines is 1. The molecule has 0 unspecified atom stereocenters. The number of halogens is 1. The van der Waals surface area contributed by atoms with Gasteiger partial charge in [-0.05, 0) is 42.5 Å². The number of hydrogen-bond acceptors (Lipinski definition) is 3. The Bertz CT molecular complexity index is 828. The topological polar surface area (TPSA) is 75.2 Å². The van der Waals surface area contributed by atoms with Gasteiger partial charge in [0.2, 0.25) is 0 Å². The number of carbonyl (C=O) groups is 1. The number of nitrogens with zero attached hydrogens (tertiary/aromatic N) is 1. The quantitative estimate of drug-likeness (QED) is 0.742. The summed E-state index contributed by atoms with van der Waals surface area (Å²) < 4.78 is 5.63. The van der Waals surface area contributed by atoms with E-state index >= 15 is 0 Å². The third-order valence-corrected chi connectivity index (χ3v) is 3.50. The van der Waals surface area contributed by atoms with E-state index in [-0.39, 0.29) is 5.56 Å². The molecule has 0 bridgehead atoms. The summed E-state index contributed by atoms with van der Waals surface area (Å²) in [4.78, 5) is 11.0. The fraction of sp³-hybridized carbons (Fsp3) is 0.0588. The van der Waals surface area contributed by atoms with Gasteiger partial charge < -0.3 is 9.84 Å². The Balaban J connectivity index is 1.71. The van der Waals surface area contributed by atoms with Crippen LogP contribution in [0.15, 0.2) is 54.6 Å². The third kappa shape index (κ3) is 3.70. The lowest BCUT2D eigenvalue weighted by atomic mass is 10.1. The van der Waals surface area contributed by atoms with E-state index in [1.165, 1.54) is 0 Å². The smallest absolute Gasteiger partial charge is 0.335 e. The third-order valence-electron chi connectivity index (χ3n) is 3.24. The highest BCUT2D eigenvalue weighted by Crippen LogP contribution is 2.21. The van der Waals surface area contributed by atoms with Gasteiger partial charge in [0.05, 0.1) is 17.0 Å². The fourth-order valence-corrected chi connectivity index (χ4v) is 2.21. The van der Waals surface area contributed by atoms with Crippen LogP contribution in [0.3, 0.4) is 0 Å². The number of aromatic carboxylic acids is 1. The van der Waals surface area contributed by atoms with Gasteiger partial charge in [-0.15, -0.1) is 0 Å². The maximum atomic E-state index is 11.0. The summed E-state index contributed by atoms with van der Waals surface area (Å²) in [5.74, 6) is -0.257. The first-order valence-corrected chi connectivity index (χ1v) is 7.26. The molecule has 0 saturated carbocycles. The van der Waals surface area contributed by atoms with Crippen molar-refractivity contribution in [1.29, 1.82) is 0 Å².